The van der Waals surface area contributed by atoms with E-state index in [4.69, 9.17) is 15.1 Å². The van der Waals surface area contributed by atoms with Crippen LogP contribution in [-0.2, 0) is 10.0 Å². The monoisotopic (exact) mass is 409 g/mol. The van der Waals surface area contributed by atoms with Crippen molar-refractivity contribution in [3.05, 3.63) is 77.9 Å². The number of primary sulfonamides is 1. The minimum absolute atomic E-state index is 0.0381. The highest BCUT2D eigenvalue weighted by Gasteiger charge is 2.17. The normalized spacial score (nSPS) is 12.2. The minimum atomic E-state index is -4.07. The lowest BCUT2D eigenvalue weighted by Gasteiger charge is -2.12. The molecule has 0 bridgehead atoms. The predicted molar refractivity (Wildman–Crippen MR) is 109 cm³/mol. The average Bonchev–Trinajstić information content (AvgIpc) is 2.73. The van der Waals surface area contributed by atoms with Gasteiger partial charge in [-0.25, -0.2) is 13.6 Å². The van der Waals surface area contributed by atoms with Crippen molar-refractivity contribution < 1.29 is 18.3 Å². The number of hydrogen-bond donors (Lipinski definition) is 3. The summed E-state index contributed by atoms with van der Waals surface area (Å²) in [6.07, 6.45) is -0.744. The molecule has 1 unspecified atom stereocenters. The Labute approximate surface area is 169 Å². The summed E-state index contributed by atoms with van der Waals surface area (Å²) in [7, 11) is -2.40. The van der Waals surface area contributed by atoms with E-state index in [0.717, 1.165) is 16.7 Å². The minimum Gasteiger partial charge on any atom is -0.456 e. The van der Waals surface area contributed by atoms with Gasteiger partial charge in [0.05, 0.1) is 11.6 Å². The van der Waals surface area contributed by atoms with Crippen LogP contribution in [0.2, 0.25) is 0 Å². The number of benzene rings is 3. The van der Waals surface area contributed by atoms with E-state index in [0.29, 0.717) is 5.75 Å². The fourth-order valence-corrected chi connectivity index (χ4v) is 3.46. The summed E-state index contributed by atoms with van der Waals surface area (Å²) >= 11 is 0. The second-order valence-electron chi connectivity index (χ2n) is 6.26. The Morgan fingerprint density at radius 2 is 1.79 bits per heavy atom. The van der Waals surface area contributed by atoms with E-state index >= 15 is 0 Å². The molecule has 0 aliphatic carbocycles. The summed E-state index contributed by atoms with van der Waals surface area (Å²) in [5, 5.41) is 26.8. The third-order valence-electron chi connectivity index (χ3n) is 4.27. The molecule has 0 radical (unpaired) electrons. The van der Waals surface area contributed by atoms with Crippen LogP contribution in [0.5, 0.6) is 11.5 Å². The summed E-state index contributed by atoms with van der Waals surface area (Å²) < 4.78 is 29.5. The third-order valence-corrected chi connectivity index (χ3v) is 5.21. The van der Waals surface area contributed by atoms with E-state index in [-0.39, 0.29) is 16.2 Å². The van der Waals surface area contributed by atoms with E-state index in [9.17, 15) is 13.5 Å². The maximum absolute atomic E-state index is 11.9. The molecule has 8 heteroatoms. The van der Waals surface area contributed by atoms with Crippen molar-refractivity contribution in [3.8, 4) is 28.7 Å². The quantitative estimate of drug-likeness (QED) is 0.538. The number of rotatable bonds is 6. The van der Waals surface area contributed by atoms with Gasteiger partial charge in [-0.1, -0.05) is 36.4 Å². The Morgan fingerprint density at radius 1 is 1.07 bits per heavy atom. The molecule has 3 aromatic carbocycles. The van der Waals surface area contributed by atoms with Crippen LogP contribution in [-0.4, -0.2) is 20.6 Å². The van der Waals surface area contributed by atoms with E-state index < -0.39 is 16.3 Å². The number of aliphatic hydroxyl groups excluding tert-OH is 1. The molecule has 148 valence electrons. The van der Waals surface area contributed by atoms with Gasteiger partial charge < -0.3 is 9.84 Å². The summed E-state index contributed by atoms with van der Waals surface area (Å²) in [5.41, 5.74) is 2.64. The summed E-state index contributed by atoms with van der Waals surface area (Å²) in [6, 6.07) is 20.4. The Bertz CT molecular complexity index is 1170. The highest BCUT2D eigenvalue weighted by atomic mass is 32.2. The molecule has 0 aliphatic heterocycles. The molecule has 0 fully saturated rings. The van der Waals surface area contributed by atoms with Gasteiger partial charge in [-0.2, -0.15) is 5.26 Å². The zero-order valence-corrected chi connectivity index (χ0v) is 16.3. The van der Waals surface area contributed by atoms with Gasteiger partial charge in [-0.3, -0.25) is 5.32 Å². The highest BCUT2D eigenvalue weighted by molar-refractivity contribution is 7.89. The Kier molecular flexibility index (Phi) is 5.96. The van der Waals surface area contributed by atoms with E-state index in [1.165, 1.54) is 18.2 Å². The number of nitrogens with one attached hydrogen (secondary N) is 1. The van der Waals surface area contributed by atoms with Gasteiger partial charge in [0.15, 0.2) is 0 Å². The van der Waals surface area contributed by atoms with Crippen molar-refractivity contribution in [3.63, 3.8) is 0 Å². The van der Waals surface area contributed by atoms with E-state index in [1.54, 1.807) is 25.2 Å². The van der Waals surface area contributed by atoms with Gasteiger partial charge in [0, 0.05) is 0 Å². The molecule has 0 saturated carbocycles. The molecule has 1 atom stereocenters. The second kappa shape index (κ2) is 8.43. The summed E-state index contributed by atoms with van der Waals surface area (Å²) in [5.74, 6) is 0.451. The van der Waals surface area contributed by atoms with Gasteiger partial charge in [-0.05, 0) is 54.1 Å². The number of ether oxygens (including phenoxy) is 1. The zero-order valence-electron chi connectivity index (χ0n) is 15.5. The van der Waals surface area contributed by atoms with Crippen molar-refractivity contribution >= 4 is 10.0 Å². The number of nitriles is 1. The lowest BCUT2D eigenvalue weighted by Crippen LogP contribution is -2.14. The van der Waals surface area contributed by atoms with Crippen molar-refractivity contribution in [2.24, 2.45) is 5.14 Å². The molecule has 0 spiro atoms. The first-order valence-corrected chi connectivity index (χ1v) is 10.2. The maximum Gasteiger partial charge on any atom is 0.241 e. The predicted octanol–water partition coefficient (Wildman–Crippen LogP) is 2.88. The fourth-order valence-electron chi connectivity index (χ4n) is 2.77. The molecule has 0 aliphatic rings. The van der Waals surface area contributed by atoms with Crippen LogP contribution in [0.25, 0.3) is 11.1 Å². The first-order valence-electron chi connectivity index (χ1n) is 8.62. The average molecular weight is 409 g/mol. The van der Waals surface area contributed by atoms with Crippen LogP contribution in [0.4, 0.5) is 0 Å². The molecule has 0 aromatic heterocycles. The van der Waals surface area contributed by atoms with E-state index in [1.807, 2.05) is 36.4 Å². The van der Waals surface area contributed by atoms with Crippen molar-refractivity contribution in [2.45, 2.75) is 11.1 Å². The smallest absolute Gasteiger partial charge is 0.241 e. The lowest BCUT2D eigenvalue weighted by atomic mass is 10.0. The van der Waals surface area contributed by atoms with Crippen molar-refractivity contribution in [2.75, 3.05) is 7.05 Å². The Balaban J connectivity index is 1.93. The number of nitrogens with zero attached hydrogens (tertiary/aromatic N) is 1. The van der Waals surface area contributed by atoms with Crippen LogP contribution in [0.15, 0.2) is 71.6 Å². The highest BCUT2D eigenvalue weighted by Crippen LogP contribution is 2.31. The topological polar surface area (TPSA) is 125 Å². The van der Waals surface area contributed by atoms with Crippen molar-refractivity contribution in [1.82, 2.24) is 5.32 Å². The largest absolute Gasteiger partial charge is 0.456 e. The molecule has 7 nitrogen and oxygen atoms in total. The maximum atomic E-state index is 11.9. The molecule has 0 amide bonds. The SMILES string of the molecule is CNC(O)c1ccc(-c2cccc(Oc3ccc(C#N)cc3S(N)(=O)=O)c2)cc1. The number of nitrogens with two attached hydrogens (primary N) is 1. The molecular weight excluding hydrogens is 390 g/mol. The molecule has 4 N–H and O–H groups in total. The first-order chi connectivity index (χ1) is 13.8. The number of aliphatic hydroxyl groups is 1. The fraction of sp³-hybridized carbons (Fsp3) is 0.0952. The van der Waals surface area contributed by atoms with Crippen molar-refractivity contribution in [1.29, 1.82) is 5.26 Å². The molecule has 3 rings (SSSR count). The summed E-state index contributed by atoms with van der Waals surface area (Å²) in [6.45, 7) is 0. The van der Waals surface area contributed by atoms with Gasteiger partial charge >= 0.3 is 0 Å². The number of hydrogen-bond acceptors (Lipinski definition) is 6. The van der Waals surface area contributed by atoms with Gasteiger partial charge in [0.2, 0.25) is 10.0 Å². The van der Waals surface area contributed by atoms with Crippen LogP contribution >= 0.6 is 0 Å². The van der Waals surface area contributed by atoms with Crippen LogP contribution < -0.4 is 15.2 Å². The Hall–Kier alpha value is -3.22. The van der Waals surface area contributed by atoms with E-state index in [2.05, 4.69) is 5.32 Å². The molecule has 29 heavy (non-hydrogen) atoms. The van der Waals surface area contributed by atoms with Gasteiger partial charge in [0.1, 0.15) is 22.6 Å². The number of sulfonamides is 1. The first kappa shape index (κ1) is 20.5. The standard InChI is InChI=1S/C21H19N3O4S/c1-24-21(25)16-8-6-15(7-9-16)17-3-2-4-18(12-17)28-19-10-5-14(13-22)11-20(19)29(23,26)27/h2-12,21,24-25H,1H3,(H2,23,26,27). The molecule has 0 saturated heterocycles. The summed E-state index contributed by atoms with van der Waals surface area (Å²) in [4.78, 5) is -0.257. The Morgan fingerprint density at radius 3 is 2.41 bits per heavy atom. The van der Waals surface area contributed by atoms with Gasteiger partial charge in [-0.15, -0.1) is 0 Å². The zero-order chi connectivity index (χ0) is 21.0. The van der Waals surface area contributed by atoms with Crippen LogP contribution in [0.1, 0.15) is 17.4 Å². The van der Waals surface area contributed by atoms with Crippen LogP contribution in [0.3, 0.4) is 0 Å². The van der Waals surface area contributed by atoms with Gasteiger partial charge in [0.25, 0.3) is 0 Å². The molecule has 0 heterocycles. The lowest BCUT2D eigenvalue weighted by molar-refractivity contribution is 0.149. The molecular formula is C21H19N3O4S. The molecule has 3 aromatic rings. The van der Waals surface area contributed by atoms with Crippen LogP contribution in [0, 0.1) is 11.3 Å². The third kappa shape index (κ3) is 4.80. The second-order valence-corrected chi connectivity index (χ2v) is 7.79.